The Kier molecular flexibility index (Phi) is 7.34. The molecule has 0 atom stereocenters. The molecule has 0 aliphatic rings. The summed E-state index contributed by atoms with van der Waals surface area (Å²) < 4.78 is 0. The van der Waals surface area contributed by atoms with Gasteiger partial charge >= 0.3 is 0 Å². The van der Waals surface area contributed by atoms with Crippen molar-refractivity contribution in [2.24, 2.45) is 0 Å². The molecule has 0 spiro atoms. The van der Waals surface area contributed by atoms with Crippen LogP contribution in [0.2, 0.25) is 5.02 Å². The molecule has 3 N–H and O–H groups in total. The van der Waals surface area contributed by atoms with E-state index in [-0.39, 0.29) is 30.8 Å². The molecule has 0 aliphatic carbocycles. The second-order valence-electron chi connectivity index (χ2n) is 5.93. The van der Waals surface area contributed by atoms with E-state index in [9.17, 15) is 14.4 Å². The molecule has 3 amide bonds. The first-order chi connectivity index (χ1) is 12.9. The van der Waals surface area contributed by atoms with Crippen LogP contribution >= 0.6 is 11.6 Å². The SMILES string of the molecule is CNC(=O)c1ccc(NC(=O)CN(C)CC(=O)Nc2ccc(Cl)cc2)cc1. The number of rotatable bonds is 7. The summed E-state index contributed by atoms with van der Waals surface area (Å²) in [6, 6.07) is 13.3. The molecule has 142 valence electrons. The Bertz CT molecular complexity index is 807. The third kappa shape index (κ3) is 6.73. The lowest BCUT2D eigenvalue weighted by Gasteiger charge is -2.16. The third-order valence-electron chi connectivity index (χ3n) is 3.61. The highest BCUT2D eigenvalue weighted by atomic mass is 35.5. The molecular weight excluding hydrogens is 368 g/mol. The van der Waals surface area contributed by atoms with E-state index in [1.165, 1.54) is 0 Å². The molecule has 0 saturated heterocycles. The van der Waals surface area contributed by atoms with E-state index in [0.717, 1.165) is 0 Å². The number of halogens is 1. The smallest absolute Gasteiger partial charge is 0.251 e. The number of nitrogens with one attached hydrogen (secondary N) is 3. The molecule has 27 heavy (non-hydrogen) atoms. The number of amides is 3. The average Bonchev–Trinajstić information content (AvgIpc) is 2.63. The Morgan fingerprint density at radius 3 is 1.74 bits per heavy atom. The van der Waals surface area contributed by atoms with Crippen LogP contribution in [0, 0.1) is 0 Å². The van der Waals surface area contributed by atoms with E-state index < -0.39 is 0 Å². The van der Waals surface area contributed by atoms with Crippen LogP contribution in [0.15, 0.2) is 48.5 Å². The van der Waals surface area contributed by atoms with Crippen LogP contribution < -0.4 is 16.0 Å². The van der Waals surface area contributed by atoms with Crippen molar-refractivity contribution in [2.45, 2.75) is 0 Å². The molecule has 0 aliphatic heterocycles. The third-order valence-corrected chi connectivity index (χ3v) is 3.86. The number of carbonyl (C=O) groups excluding carboxylic acids is 3. The molecule has 0 radical (unpaired) electrons. The Balaban J connectivity index is 1.79. The molecule has 0 fully saturated rings. The maximum atomic E-state index is 12.1. The van der Waals surface area contributed by atoms with Crippen LogP contribution in [0.1, 0.15) is 10.4 Å². The molecule has 0 heterocycles. The summed E-state index contributed by atoms with van der Waals surface area (Å²) in [5.41, 5.74) is 1.72. The van der Waals surface area contributed by atoms with E-state index in [1.54, 1.807) is 67.5 Å². The van der Waals surface area contributed by atoms with Gasteiger partial charge in [0, 0.05) is 29.0 Å². The molecule has 7 nitrogen and oxygen atoms in total. The molecule has 0 aromatic heterocycles. The molecule has 8 heteroatoms. The Morgan fingerprint density at radius 2 is 1.30 bits per heavy atom. The number of hydrogen-bond donors (Lipinski definition) is 3. The lowest BCUT2D eigenvalue weighted by Crippen LogP contribution is -2.36. The summed E-state index contributed by atoms with van der Waals surface area (Å²) in [4.78, 5) is 37.2. The van der Waals surface area contributed by atoms with Gasteiger partial charge in [-0.25, -0.2) is 0 Å². The summed E-state index contributed by atoms with van der Waals surface area (Å²) >= 11 is 5.80. The van der Waals surface area contributed by atoms with Gasteiger partial charge in [-0.3, -0.25) is 19.3 Å². The van der Waals surface area contributed by atoms with Crippen molar-refractivity contribution in [1.29, 1.82) is 0 Å². The highest BCUT2D eigenvalue weighted by Gasteiger charge is 2.12. The molecule has 2 aromatic rings. The number of hydrogen-bond acceptors (Lipinski definition) is 4. The molecular formula is C19H21ClN4O3. The molecule has 2 aromatic carbocycles. The zero-order valence-corrected chi connectivity index (χ0v) is 15.8. The minimum atomic E-state index is -0.260. The average molecular weight is 389 g/mol. The van der Waals surface area contributed by atoms with Crippen molar-refractivity contribution in [3.8, 4) is 0 Å². The van der Waals surface area contributed by atoms with E-state index >= 15 is 0 Å². The van der Waals surface area contributed by atoms with Gasteiger partial charge in [-0.15, -0.1) is 0 Å². The van der Waals surface area contributed by atoms with Crippen LogP contribution in [0.25, 0.3) is 0 Å². The van der Waals surface area contributed by atoms with E-state index in [2.05, 4.69) is 16.0 Å². The number of benzene rings is 2. The van der Waals surface area contributed by atoms with Gasteiger partial charge in [0.1, 0.15) is 0 Å². The van der Waals surface area contributed by atoms with Gasteiger partial charge in [0.15, 0.2) is 0 Å². The highest BCUT2D eigenvalue weighted by Crippen LogP contribution is 2.13. The van der Waals surface area contributed by atoms with Crippen molar-refractivity contribution in [3.05, 3.63) is 59.1 Å². The first-order valence-electron chi connectivity index (χ1n) is 8.23. The summed E-state index contributed by atoms with van der Waals surface area (Å²) in [5.74, 6) is -0.689. The number of nitrogens with zero attached hydrogens (tertiary/aromatic N) is 1. The Morgan fingerprint density at radius 1 is 0.852 bits per heavy atom. The fraction of sp³-hybridized carbons (Fsp3) is 0.211. The largest absolute Gasteiger partial charge is 0.355 e. The summed E-state index contributed by atoms with van der Waals surface area (Å²) in [7, 11) is 3.23. The second kappa shape index (κ2) is 9.70. The Hall–Kier alpha value is -2.90. The maximum absolute atomic E-state index is 12.1. The van der Waals surface area contributed by atoms with E-state index in [1.807, 2.05) is 0 Å². The zero-order valence-electron chi connectivity index (χ0n) is 15.1. The van der Waals surface area contributed by atoms with Crippen LogP contribution in [0.3, 0.4) is 0 Å². The normalized spacial score (nSPS) is 10.4. The monoisotopic (exact) mass is 388 g/mol. The van der Waals surface area contributed by atoms with Crippen LogP contribution in [0.4, 0.5) is 11.4 Å². The summed E-state index contributed by atoms with van der Waals surface area (Å²) in [6.07, 6.45) is 0. The molecule has 2 rings (SSSR count). The van der Waals surface area contributed by atoms with Crippen molar-refractivity contribution in [1.82, 2.24) is 10.2 Å². The van der Waals surface area contributed by atoms with Crippen molar-refractivity contribution >= 4 is 40.7 Å². The second-order valence-corrected chi connectivity index (χ2v) is 6.37. The van der Waals surface area contributed by atoms with Gasteiger partial charge < -0.3 is 16.0 Å². The zero-order chi connectivity index (χ0) is 19.8. The predicted octanol–water partition coefficient (Wildman–Crippen LogP) is 2.21. The predicted molar refractivity (Wildman–Crippen MR) is 106 cm³/mol. The molecule has 0 unspecified atom stereocenters. The van der Waals surface area contributed by atoms with Gasteiger partial charge in [-0.1, -0.05) is 11.6 Å². The van der Waals surface area contributed by atoms with Gasteiger partial charge in [0.25, 0.3) is 5.91 Å². The lowest BCUT2D eigenvalue weighted by atomic mass is 10.2. The van der Waals surface area contributed by atoms with Crippen molar-refractivity contribution in [3.63, 3.8) is 0 Å². The quantitative estimate of drug-likeness (QED) is 0.678. The first kappa shape index (κ1) is 20.4. The van der Waals surface area contributed by atoms with Gasteiger partial charge in [-0.2, -0.15) is 0 Å². The fourth-order valence-corrected chi connectivity index (χ4v) is 2.46. The number of anilines is 2. The molecule has 0 bridgehead atoms. The maximum Gasteiger partial charge on any atom is 0.251 e. The first-order valence-corrected chi connectivity index (χ1v) is 8.61. The number of carbonyl (C=O) groups is 3. The van der Waals surface area contributed by atoms with Crippen LogP contribution in [-0.4, -0.2) is 49.8 Å². The number of likely N-dealkylation sites (N-methyl/N-ethyl adjacent to an activating group) is 1. The van der Waals surface area contributed by atoms with E-state index in [0.29, 0.717) is 22.0 Å². The summed E-state index contributed by atoms with van der Waals surface area (Å²) in [5, 5.41) is 8.58. The fourth-order valence-electron chi connectivity index (χ4n) is 2.33. The van der Waals surface area contributed by atoms with Gasteiger partial charge in [-0.05, 0) is 55.6 Å². The van der Waals surface area contributed by atoms with Gasteiger partial charge in [0.2, 0.25) is 11.8 Å². The summed E-state index contributed by atoms with van der Waals surface area (Å²) in [6.45, 7) is 0.108. The lowest BCUT2D eigenvalue weighted by molar-refractivity contribution is -0.119. The standard InChI is InChI=1S/C19H21ClN4O3/c1-21-19(27)13-3-7-15(8-4-13)22-17(25)11-24(2)12-18(26)23-16-9-5-14(20)6-10-16/h3-10H,11-12H2,1-2H3,(H,21,27)(H,22,25)(H,23,26). The van der Waals surface area contributed by atoms with E-state index in [4.69, 9.17) is 11.6 Å². The highest BCUT2D eigenvalue weighted by molar-refractivity contribution is 6.30. The van der Waals surface area contributed by atoms with Crippen molar-refractivity contribution in [2.75, 3.05) is 37.8 Å². The molecule has 0 saturated carbocycles. The topological polar surface area (TPSA) is 90.5 Å². The van der Waals surface area contributed by atoms with Crippen LogP contribution in [0.5, 0.6) is 0 Å². The van der Waals surface area contributed by atoms with Crippen molar-refractivity contribution < 1.29 is 14.4 Å². The van der Waals surface area contributed by atoms with Gasteiger partial charge in [0.05, 0.1) is 13.1 Å². The Labute approximate surface area is 162 Å². The minimum absolute atomic E-state index is 0.0469. The van der Waals surface area contributed by atoms with Crippen LogP contribution in [-0.2, 0) is 9.59 Å². The minimum Gasteiger partial charge on any atom is -0.355 e.